The second-order valence-electron chi connectivity index (χ2n) is 6.69. The number of hydrogen-bond donors (Lipinski definition) is 1. The first kappa shape index (κ1) is 15.6. The van der Waals surface area contributed by atoms with Crippen molar-refractivity contribution >= 4 is 22.5 Å². The average Bonchev–Trinajstić information content (AvgIpc) is 2.45. The van der Waals surface area contributed by atoms with Crippen LogP contribution in [-0.2, 0) is 6.54 Å². The number of H-pyrrole nitrogens is 1. The van der Waals surface area contributed by atoms with Crippen molar-refractivity contribution in [2.45, 2.75) is 40.2 Å². The number of aryl methyl sites for hydroxylation is 2. The van der Waals surface area contributed by atoms with Gasteiger partial charge in [0.25, 0.3) is 0 Å². The van der Waals surface area contributed by atoms with Gasteiger partial charge in [0.05, 0.1) is 5.52 Å². The van der Waals surface area contributed by atoms with E-state index in [2.05, 4.69) is 16.8 Å². The van der Waals surface area contributed by atoms with E-state index in [0.29, 0.717) is 16.3 Å². The Hall–Kier alpha value is -1.32. The molecule has 1 aliphatic rings. The number of aromatic amines is 1. The molecule has 0 radical (unpaired) electrons. The van der Waals surface area contributed by atoms with E-state index in [9.17, 15) is 4.79 Å². The number of aromatic nitrogens is 1. The fraction of sp³-hybridized carbons (Fsp3) is 0.500. The highest BCUT2D eigenvalue weighted by molar-refractivity contribution is 6.31. The highest BCUT2D eigenvalue weighted by Gasteiger charge is 2.19. The van der Waals surface area contributed by atoms with Crippen LogP contribution in [0.2, 0.25) is 5.02 Å². The minimum atomic E-state index is 0.120. The predicted molar refractivity (Wildman–Crippen MR) is 92.7 cm³/mol. The summed E-state index contributed by atoms with van der Waals surface area (Å²) in [4.78, 5) is 18.7. The van der Waals surface area contributed by atoms with E-state index < -0.39 is 0 Å². The molecule has 22 heavy (non-hydrogen) atoms. The minimum Gasteiger partial charge on any atom is -0.358 e. The molecule has 1 aliphatic heterocycles. The number of nitrogens with one attached hydrogen (secondary N) is 1. The van der Waals surface area contributed by atoms with Crippen LogP contribution in [0.1, 0.15) is 36.6 Å². The number of rotatable bonds is 2. The fourth-order valence-electron chi connectivity index (χ4n) is 3.53. The Kier molecular flexibility index (Phi) is 4.28. The molecule has 2 aromatic rings. The predicted octanol–water partition coefficient (Wildman–Crippen LogP) is 4.03. The van der Waals surface area contributed by atoms with Crippen molar-refractivity contribution in [1.29, 1.82) is 0 Å². The molecule has 4 heteroatoms. The molecule has 1 saturated heterocycles. The highest BCUT2D eigenvalue weighted by Crippen LogP contribution is 2.23. The number of benzene rings is 1. The monoisotopic (exact) mass is 318 g/mol. The molecule has 1 N–H and O–H groups in total. The number of piperidine rings is 1. The smallest absolute Gasteiger partial charge is 0.194 e. The van der Waals surface area contributed by atoms with Gasteiger partial charge in [-0.05, 0) is 56.8 Å². The normalized spacial score (nSPS) is 19.7. The molecule has 0 amide bonds. The molecule has 0 unspecified atom stereocenters. The number of nitrogens with zero attached hydrogens (tertiary/aromatic N) is 1. The van der Waals surface area contributed by atoms with Crippen molar-refractivity contribution in [1.82, 2.24) is 9.88 Å². The van der Waals surface area contributed by atoms with Crippen LogP contribution in [0.3, 0.4) is 0 Å². The number of halogens is 1. The molecule has 1 aromatic carbocycles. The van der Waals surface area contributed by atoms with Gasteiger partial charge in [-0.2, -0.15) is 0 Å². The Labute approximate surface area is 136 Å². The van der Waals surface area contributed by atoms with Gasteiger partial charge in [-0.25, -0.2) is 0 Å². The first-order valence-electron chi connectivity index (χ1n) is 7.99. The van der Waals surface area contributed by atoms with Crippen LogP contribution in [0.4, 0.5) is 0 Å². The number of fused-ring (bicyclic) bond motifs is 1. The van der Waals surface area contributed by atoms with Gasteiger partial charge < -0.3 is 4.98 Å². The zero-order chi connectivity index (χ0) is 15.9. The van der Waals surface area contributed by atoms with Gasteiger partial charge in [0.15, 0.2) is 5.43 Å². The van der Waals surface area contributed by atoms with Crippen LogP contribution < -0.4 is 5.43 Å². The third kappa shape index (κ3) is 2.92. The lowest BCUT2D eigenvalue weighted by atomic mass is 9.99. The van der Waals surface area contributed by atoms with Gasteiger partial charge in [-0.15, -0.1) is 0 Å². The van der Waals surface area contributed by atoms with Gasteiger partial charge >= 0.3 is 0 Å². The van der Waals surface area contributed by atoms with Crippen LogP contribution in [0.5, 0.6) is 0 Å². The molecule has 1 fully saturated rings. The van der Waals surface area contributed by atoms with Crippen LogP contribution >= 0.6 is 11.6 Å². The molecule has 0 aliphatic carbocycles. The van der Waals surface area contributed by atoms with Crippen molar-refractivity contribution in [3.05, 3.63) is 44.2 Å². The summed E-state index contributed by atoms with van der Waals surface area (Å²) in [6, 6.07) is 3.68. The first-order valence-corrected chi connectivity index (χ1v) is 8.37. The van der Waals surface area contributed by atoms with Crippen LogP contribution in [0.25, 0.3) is 10.9 Å². The van der Waals surface area contributed by atoms with E-state index in [1.807, 2.05) is 19.9 Å². The summed E-state index contributed by atoms with van der Waals surface area (Å²) >= 11 is 6.14. The Bertz CT molecular complexity index is 766. The Morgan fingerprint density at radius 2 is 2.14 bits per heavy atom. The lowest BCUT2D eigenvalue weighted by molar-refractivity contribution is 0.176. The second-order valence-corrected chi connectivity index (χ2v) is 7.12. The van der Waals surface area contributed by atoms with Crippen LogP contribution in [0, 0.1) is 19.8 Å². The number of pyridine rings is 1. The van der Waals surface area contributed by atoms with Crippen molar-refractivity contribution in [3.63, 3.8) is 0 Å². The molecule has 0 bridgehead atoms. The molecule has 3 rings (SSSR count). The quantitative estimate of drug-likeness (QED) is 0.907. The largest absolute Gasteiger partial charge is 0.358 e. The van der Waals surface area contributed by atoms with Gasteiger partial charge in [0.1, 0.15) is 0 Å². The van der Waals surface area contributed by atoms with E-state index in [1.165, 1.54) is 12.8 Å². The standard InChI is InChI=1S/C18H23ClN2O/c1-11-5-4-6-21(9-11)10-16-13(3)20-17-12(2)7-14(19)8-15(17)18(16)22/h7-8,11H,4-6,9-10H2,1-3H3,(H,20,22)/t11-/m0/s1. The summed E-state index contributed by atoms with van der Waals surface area (Å²) < 4.78 is 0. The SMILES string of the molecule is Cc1[nH]c2c(C)cc(Cl)cc2c(=O)c1CN1CCC[C@H](C)C1. The zero-order valence-electron chi connectivity index (χ0n) is 13.5. The summed E-state index contributed by atoms with van der Waals surface area (Å²) in [7, 11) is 0. The van der Waals surface area contributed by atoms with Gasteiger partial charge in [0.2, 0.25) is 0 Å². The lowest BCUT2D eigenvalue weighted by Crippen LogP contribution is -2.35. The van der Waals surface area contributed by atoms with E-state index >= 15 is 0 Å². The molecule has 0 spiro atoms. The molecule has 1 atom stereocenters. The molecule has 1 aromatic heterocycles. The van der Waals surface area contributed by atoms with Crippen molar-refractivity contribution in [2.24, 2.45) is 5.92 Å². The lowest BCUT2D eigenvalue weighted by Gasteiger charge is -2.31. The summed E-state index contributed by atoms with van der Waals surface area (Å²) in [5.41, 5.74) is 3.89. The maximum absolute atomic E-state index is 12.9. The first-order chi connectivity index (χ1) is 10.5. The van der Waals surface area contributed by atoms with Crippen molar-refractivity contribution in [2.75, 3.05) is 13.1 Å². The van der Waals surface area contributed by atoms with E-state index in [1.54, 1.807) is 6.07 Å². The molecule has 0 saturated carbocycles. The maximum Gasteiger partial charge on any atom is 0.194 e. The summed E-state index contributed by atoms with van der Waals surface area (Å²) in [6.45, 7) is 9.15. The molecular weight excluding hydrogens is 296 g/mol. The number of likely N-dealkylation sites (tertiary alicyclic amines) is 1. The van der Waals surface area contributed by atoms with Crippen molar-refractivity contribution in [3.8, 4) is 0 Å². The fourth-order valence-corrected chi connectivity index (χ4v) is 3.80. The molecule has 3 nitrogen and oxygen atoms in total. The third-order valence-electron chi connectivity index (χ3n) is 4.71. The summed E-state index contributed by atoms with van der Waals surface area (Å²) in [5, 5.41) is 1.33. The van der Waals surface area contributed by atoms with E-state index in [0.717, 1.165) is 42.0 Å². The minimum absolute atomic E-state index is 0.120. The third-order valence-corrected chi connectivity index (χ3v) is 4.93. The maximum atomic E-state index is 12.9. The van der Waals surface area contributed by atoms with E-state index in [4.69, 9.17) is 11.6 Å². The topological polar surface area (TPSA) is 36.1 Å². The van der Waals surface area contributed by atoms with Crippen LogP contribution in [0.15, 0.2) is 16.9 Å². The zero-order valence-corrected chi connectivity index (χ0v) is 14.3. The van der Waals surface area contributed by atoms with Gasteiger partial charge in [-0.1, -0.05) is 18.5 Å². The van der Waals surface area contributed by atoms with Gasteiger partial charge in [0, 0.05) is 34.8 Å². The molecule has 2 heterocycles. The van der Waals surface area contributed by atoms with Crippen molar-refractivity contribution < 1.29 is 0 Å². The molecule has 118 valence electrons. The Morgan fingerprint density at radius 1 is 1.36 bits per heavy atom. The summed E-state index contributed by atoms with van der Waals surface area (Å²) in [6.07, 6.45) is 2.51. The highest BCUT2D eigenvalue weighted by atomic mass is 35.5. The van der Waals surface area contributed by atoms with Gasteiger partial charge in [-0.3, -0.25) is 9.69 Å². The number of hydrogen-bond acceptors (Lipinski definition) is 2. The van der Waals surface area contributed by atoms with Crippen LogP contribution in [-0.4, -0.2) is 23.0 Å². The van der Waals surface area contributed by atoms with E-state index in [-0.39, 0.29) is 5.43 Å². The second kappa shape index (κ2) is 6.05. The Morgan fingerprint density at radius 3 is 2.86 bits per heavy atom. The summed E-state index contributed by atoms with van der Waals surface area (Å²) in [5.74, 6) is 0.713. The average molecular weight is 319 g/mol. The molecular formula is C18H23ClN2O. The Balaban J connectivity index is 2.04.